The first-order valence-corrected chi connectivity index (χ1v) is 10.9. The molecule has 0 atom stereocenters. The predicted molar refractivity (Wildman–Crippen MR) is 127 cm³/mol. The highest BCUT2D eigenvalue weighted by Crippen LogP contribution is 2.37. The highest BCUT2D eigenvalue weighted by molar-refractivity contribution is 5.99. The van der Waals surface area contributed by atoms with Gasteiger partial charge in [-0.05, 0) is 31.2 Å². The third-order valence-corrected chi connectivity index (χ3v) is 6.07. The largest absolute Gasteiger partial charge is 0.493 e. The maximum atomic E-state index is 13.5. The van der Waals surface area contributed by atoms with Crippen LogP contribution in [0.5, 0.6) is 11.5 Å². The molecule has 35 heavy (non-hydrogen) atoms. The van der Waals surface area contributed by atoms with Crippen LogP contribution in [-0.2, 0) is 13.1 Å². The summed E-state index contributed by atoms with van der Waals surface area (Å²) in [6, 6.07) is 14.5. The molecule has 10 nitrogen and oxygen atoms in total. The van der Waals surface area contributed by atoms with Crippen LogP contribution in [0.1, 0.15) is 27.2 Å². The van der Waals surface area contributed by atoms with Crippen LogP contribution in [0.15, 0.2) is 60.9 Å². The number of fused-ring (bicyclic) bond motifs is 1. The van der Waals surface area contributed by atoms with Crippen molar-refractivity contribution in [1.29, 1.82) is 0 Å². The number of aromatic nitrogens is 3. The molecule has 0 aliphatic carbocycles. The monoisotopic (exact) mass is 473 g/mol. The van der Waals surface area contributed by atoms with Gasteiger partial charge < -0.3 is 18.9 Å². The van der Waals surface area contributed by atoms with Gasteiger partial charge in [-0.3, -0.25) is 14.9 Å². The number of aryl methyl sites for hydroxylation is 1. The van der Waals surface area contributed by atoms with Gasteiger partial charge in [-0.15, -0.1) is 0 Å². The third kappa shape index (κ3) is 3.78. The van der Waals surface area contributed by atoms with E-state index >= 15 is 0 Å². The van der Waals surface area contributed by atoms with Gasteiger partial charge in [-0.1, -0.05) is 17.7 Å². The number of nitro benzene ring substituents is 1. The van der Waals surface area contributed by atoms with Crippen LogP contribution in [0.2, 0.25) is 0 Å². The Kier molecular flexibility index (Phi) is 5.48. The summed E-state index contributed by atoms with van der Waals surface area (Å²) in [6.45, 7) is 2.52. The van der Waals surface area contributed by atoms with Gasteiger partial charge in [0.2, 0.25) is 0 Å². The number of carbonyl (C=O) groups is 1. The van der Waals surface area contributed by atoms with E-state index in [0.717, 1.165) is 28.3 Å². The van der Waals surface area contributed by atoms with Crippen LogP contribution in [0.25, 0.3) is 11.5 Å². The number of hydrogen-bond donors (Lipinski definition) is 0. The number of ether oxygens (including phenoxy) is 2. The van der Waals surface area contributed by atoms with Gasteiger partial charge in [0.05, 0.1) is 49.7 Å². The molecule has 1 aliphatic heterocycles. The Morgan fingerprint density at radius 1 is 1.03 bits per heavy atom. The highest BCUT2D eigenvalue weighted by atomic mass is 16.6. The van der Waals surface area contributed by atoms with Crippen molar-refractivity contribution in [2.45, 2.75) is 20.0 Å². The SMILES string of the molecule is COc1cc(C(=O)N2Cc3nn(-c4ccc(C)cc4)c(-n4cccc4)c3C2)c([N+](=O)[O-])cc1OC. The maximum Gasteiger partial charge on any atom is 0.286 e. The molecule has 0 saturated heterocycles. The molecular formula is C25H23N5O5. The second kappa shape index (κ2) is 8.64. The second-order valence-electron chi connectivity index (χ2n) is 8.23. The lowest BCUT2D eigenvalue weighted by Crippen LogP contribution is -2.27. The summed E-state index contributed by atoms with van der Waals surface area (Å²) in [5, 5.41) is 16.5. The standard InChI is InChI=1S/C25H23N5O5/c1-16-6-8-17(9-7-16)29-24(27-10-4-5-11-27)19-14-28(15-20(19)26-29)25(31)18-12-22(34-2)23(35-3)13-21(18)30(32)33/h4-13H,14-15H2,1-3H3. The predicted octanol–water partition coefficient (Wildman–Crippen LogP) is 4.05. The molecule has 5 rings (SSSR count). The summed E-state index contributed by atoms with van der Waals surface area (Å²) in [5.74, 6) is 0.780. The molecule has 1 amide bonds. The number of amides is 1. The van der Waals surface area contributed by atoms with E-state index < -0.39 is 10.8 Å². The van der Waals surface area contributed by atoms with Gasteiger partial charge in [0.1, 0.15) is 11.4 Å². The van der Waals surface area contributed by atoms with Crippen molar-refractivity contribution < 1.29 is 19.2 Å². The van der Waals surface area contributed by atoms with Crippen molar-refractivity contribution in [1.82, 2.24) is 19.2 Å². The Morgan fingerprint density at radius 3 is 2.31 bits per heavy atom. The molecule has 178 valence electrons. The first-order valence-electron chi connectivity index (χ1n) is 10.9. The fourth-order valence-corrected chi connectivity index (χ4v) is 4.31. The second-order valence-corrected chi connectivity index (χ2v) is 8.23. The Morgan fingerprint density at radius 2 is 1.69 bits per heavy atom. The lowest BCUT2D eigenvalue weighted by molar-refractivity contribution is -0.385. The number of rotatable bonds is 6. The van der Waals surface area contributed by atoms with Crippen molar-refractivity contribution in [2.75, 3.05) is 14.2 Å². The molecule has 0 radical (unpaired) electrons. The molecule has 2 aromatic heterocycles. The number of methoxy groups -OCH3 is 2. The lowest BCUT2D eigenvalue weighted by atomic mass is 10.1. The molecule has 0 spiro atoms. The zero-order valence-corrected chi connectivity index (χ0v) is 19.5. The van der Waals surface area contributed by atoms with Crippen molar-refractivity contribution in [3.05, 3.63) is 93.4 Å². The van der Waals surface area contributed by atoms with Crippen LogP contribution < -0.4 is 9.47 Å². The van der Waals surface area contributed by atoms with E-state index in [0.29, 0.717) is 0 Å². The van der Waals surface area contributed by atoms with E-state index in [1.165, 1.54) is 26.4 Å². The summed E-state index contributed by atoms with van der Waals surface area (Å²) in [4.78, 5) is 26.2. The van der Waals surface area contributed by atoms with Crippen molar-refractivity contribution in [2.24, 2.45) is 0 Å². The molecule has 1 aliphatic rings. The van der Waals surface area contributed by atoms with E-state index in [-0.39, 0.29) is 35.8 Å². The molecule has 0 fully saturated rings. The van der Waals surface area contributed by atoms with Crippen molar-refractivity contribution in [3.63, 3.8) is 0 Å². The summed E-state index contributed by atoms with van der Waals surface area (Å²) < 4.78 is 14.3. The number of benzene rings is 2. The van der Waals surface area contributed by atoms with Crippen LogP contribution in [0, 0.1) is 17.0 Å². The molecule has 0 bridgehead atoms. The number of nitrogens with zero attached hydrogens (tertiary/aromatic N) is 5. The van der Waals surface area contributed by atoms with E-state index in [4.69, 9.17) is 14.6 Å². The van der Waals surface area contributed by atoms with Gasteiger partial charge in [-0.2, -0.15) is 5.10 Å². The normalized spacial score (nSPS) is 12.5. The number of carbonyl (C=O) groups excluding carboxylic acids is 1. The average molecular weight is 473 g/mol. The molecule has 0 N–H and O–H groups in total. The molecule has 4 aromatic rings. The minimum Gasteiger partial charge on any atom is -0.493 e. The summed E-state index contributed by atoms with van der Waals surface area (Å²) >= 11 is 0. The van der Waals surface area contributed by atoms with Crippen LogP contribution in [0.4, 0.5) is 5.69 Å². The molecule has 0 unspecified atom stereocenters. The summed E-state index contributed by atoms with van der Waals surface area (Å²) in [5.41, 5.74) is 3.27. The van der Waals surface area contributed by atoms with E-state index in [1.807, 2.05) is 65.0 Å². The third-order valence-electron chi connectivity index (χ3n) is 6.07. The first kappa shape index (κ1) is 22.2. The maximum absolute atomic E-state index is 13.5. The molecule has 3 heterocycles. The van der Waals surface area contributed by atoms with Crippen molar-refractivity contribution in [3.8, 4) is 23.0 Å². The fraction of sp³-hybridized carbons (Fsp3) is 0.200. The highest BCUT2D eigenvalue weighted by Gasteiger charge is 2.35. The van der Waals surface area contributed by atoms with Crippen molar-refractivity contribution >= 4 is 11.6 Å². The molecule has 2 aromatic carbocycles. The van der Waals surface area contributed by atoms with E-state index in [1.54, 1.807) is 4.90 Å². The van der Waals surface area contributed by atoms with Crippen LogP contribution in [0.3, 0.4) is 0 Å². The smallest absolute Gasteiger partial charge is 0.286 e. The van der Waals surface area contributed by atoms with Gasteiger partial charge in [0, 0.05) is 24.0 Å². The minimum atomic E-state index is -0.590. The fourth-order valence-electron chi connectivity index (χ4n) is 4.31. The summed E-state index contributed by atoms with van der Waals surface area (Å²) in [7, 11) is 2.80. The topological polar surface area (TPSA) is 105 Å². The Hall–Kier alpha value is -4.60. The Balaban J connectivity index is 1.54. The van der Waals surface area contributed by atoms with E-state index in [2.05, 4.69) is 0 Å². The summed E-state index contributed by atoms with van der Waals surface area (Å²) in [6.07, 6.45) is 3.84. The first-order chi connectivity index (χ1) is 16.9. The van der Waals surface area contributed by atoms with Gasteiger partial charge in [0.25, 0.3) is 11.6 Å². The average Bonchev–Trinajstić information content (AvgIpc) is 3.59. The minimum absolute atomic E-state index is 0.0632. The number of hydrogen-bond acceptors (Lipinski definition) is 6. The van der Waals surface area contributed by atoms with Crippen LogP contribution in [-0.4, -0.2) is 44.3 Å². The number of nitro groups is 1. The molecule has 0 saturated carbocycles. The van der Waals surface area contributed by atoms with Crippen LogP contribution >= 0.6 is 0 Å². The lowest BCUT2D eigenvalue weighted by Gasteiger charge is -2.18. The quantitative estimate of drug-likeness (QED) is 0.309. The molecular weight excluding hydrogens is 450 g/mol. The van der Waals surface area contributed by atoms with Gasteiger partial charge >= 0.3 is 0 Å². The zero-order chi connectivity index (χ0) is 24.7. The Bertz CT molecular complexity index is 1420. The van der Waals surface area contributed by atoms with Gasteiger partial charge in [0.15, 0.2) is 11.5 Å². The van der Waals surface area contributed by atoms with Gasteiger partial charge in [-0.25, -0.2) is 4.68 Å². The molecule has 10 heteroatoms. The van der Waals surface area contributed by atoms with E-state index in [9.17, 15) is 14.9 Å². The zero-order valence-electron chi connectivity index (χ0n) is 19.5. The Labute approximate surface area is 201 Å².